The maximum Gasteiger partial charge on any atom is 0.267 e. The van der Waals surface area contributed by atoms with Crippen LogP contribution in [-0.4, -0.2) is 22.6 Å². The van der Waals surface area contributed by atoms with Gasteiger partial charge in [-0.2, -0.15) is 0 Å². The number of nitrogens with zero attached hydrogens (tertiary/aromatic N) is 2. The number of hydrogen-bond donors (Lipinski definition) is 1. The number of aromatic nitrogens is 2. The van der Waals surface area contributed by atoms with E-state index in [2.05, 4.69) is 33.2 Å². The number of hydrogen-bond acceptors (Lipinski definition) is 3. The number of unbranched alkanes of at least 4 members (excludes halogenated alkanes) is 3. The third-order valence-corrected chi connectivity index (χ3v) is 3.47. The second-order valence-corrected chi connectivity index (χ2v) is 5.28. The largest absolute Gasteiger partial charge is 0.315 e. The molecule has 4 nitrogen and oxygen atoms in total. The van der Waals surface area contributed by atoms with Gasteiger partial charge < -0.3 is 5.32 Å². The fraction of sp³-hybridized carbons (Fsp3) is 0.692. The lowest BCUT2D eigenvalue weighted by molar-refractivity contribution is 0.541. The molecule has 0 radical (unpaired) electrons. The van der Waals surface area contributed by atoms with Crippen LogP contribution in [0.1, 0.15) is 38.4 Å². The van der Waals surface area contributed by atoms with Gasteiger partial charge in [0.05, 0.1) is 0 Å². The van der Waals surface area contributed by atoms with E-state index < -0.39 is 0 Å². The summed E-state index contributed by atoms with van der Waals surface area (Å²) < 4.78 is 2.22. The Hall–Kier alpha value is -0.680. The van der Waals surface area contributed by atoms with Gasteiger partial charge in [-0.15, -0.1) is 0 Å². The van der Waals surface area contributed by atoms with Crippen molar-refractivity contribution in [1.82, 2.24) is 14.9 Å². The highest BCUT2D eigenvalue weighted by Gasteiger charge is 2.04. The molecule has 5 heteroatoms. The molecule has 0 aliphatic carbocycles. The quantitative estimate of drug-likeness (QED) is 0.750. The average Bonchev–Trinajstić information content (AvgIpc) is 2.36. The summed E-state index contributed by atoms with van der Waals surface area (Å²) in [5, 5.41) is 3.36. The lowest BCUT2D eigenvalue weighted by Gasteiger charge is -2.10. The molecule has 0 aliphatic heterocycles. The van der Waals surface area contributed by atoms with Gasteiger partial charge in [0.15, 0.2) is 0 Å². The van der Waals surface area contributed by atoms with Gasteiger partial charge in [-0.05, 0) is 35.8 Å². The first-order chi connectivity index (χ1) is 8.66. The molecule has 102 valence electrons. The number of nitrogens with one attached hydrogen (secondary N) is 1. The molecule has 0 bridgehead atoms. The summed E-state index contributed by atoms with van der Waals surface area (Å²) in [6.45, 7) is 6.57. The summed E-state index contributed by atoms with van der Waals surface area (Å²) in [5.41, 5.74) is -0.00437. The van der Waals surface area contributed by atoms with E-state index in [9.17, 15) is 4.79 Å². The summed E-state index contributed by atoms with van der Waals surface area (Å²) in [6.07, 6.45) is 6.61. The van der Waals surface area contributed by atoms with Crippen molar-refractivity contribution < 1.29 is 0 Å². The Labute approximate surface area is 117 Å². The van der Waals surface area contributed by atoms with E-state index in [1.165, 1.54) is 25.7 Å². The average molecular weight is 316 g/mol. The first kappa shape index (κ1) is 15.4. The number of halogens is 1. The Morgan fingerprint density at radius 1 is 1.33 bits per heavy atom. The van der Waals surface area contributed by atoms with Crippen LogP contribution in [-0.2, 0) is 6.54 Å². The standard InChI is InChI=1S/C13H22BrN3O/c1-3-4-5-6-7-15-8-9-17-11(2)16-10-12(14)13(17)18/h10,15H,3-9H2,1-2H3. The molecule has 18 heavy (non-hydrogen) atoms. The van der Waals surface area contributed by atoms with E-state index in [0.29, 0.717) is 11.0 Å². The summed E-state index contributed by atoms with van der Waals surface area (Å²) in [6, 6.07) is 0. The van der Waals surface area contributed by atoms with Crippen LogP contribution in [0.2, 0.25) is 0 Å². The van der Waals surface area contributed by atoms with Crippen molar-refractivity contribution >= 4 is 15.9 Å². The van der Waals surface area contributed by atoms with Crippen LogP contribution in [0.4, 0.5) is 0 Å². The van der Waals surface area contributed by atoms with Crippen LogP contribution in [0.15, 0.2) is 15.5 Å². The normalized spacial score (nSPS) is 10.8. The van der Waals surface area contributed by atoms with Crippen LogP contribution < -0.4 is 10.9 Å². The minimum atomic E-state index is -0.00437. The maximum atomic E-state index is 11.8. The van der Waals surface area contributed by atoms with E-state index in [0.717, 1.165) is 18.9 Å². The molecule has 0 fully saturated rings. The predicted molar refractivity (Wildman–Crippen MR) is 77.9 cm³/mol. The van der Waals surface area contributed by atoms with Crippen molar-refractivity contribution in [3.8, 4) is 0 Å². The van der Waals surface area contributed by atoms with Gasteiger partial charge in [0.25, 0.3) is 5.56 Å². The monoisotopic (exact) mass is 315 g/mol. The molecule has 0 atom stereocenters. The van der Waals surface area contributed by atoms with Crippen molar-refractivity contribution in [2.75, 3.05) is 13.1 Å². The zero-order chi connectivity index (χ0) is 13.4. The van der Waals surface area contributed by atoms with Crippen molar-refractivity contribution in [2.24, 2.45) is 0 Å². The van der Waals surface area contributed by atoms with Crippen molar-refractivity contribution in [3.63, 3.8) is 0 Å². The minimum absolute atomic E-state index is 0.00437. The third kappa shape index (κ3) is 4.90. The summed E-state index contributed by atoms with van der Waals surface area (Å²) in [4.78, 5) is 16.0. The van der Waals surface area contributed by atoms with E-state index in [1.807, 2.05) is 6.92 Å². The Morgan fingerprint density at radius 3 is 2.83 bits per heavy atom. The molecule has 1 aromatic rings. The Balaban J connectivity index is 2.32. The van der Waals surface area contributed by atoms with Gasteiger partial charge in [-0.25, -0.2) is 4.98 Å². The minimum Gasteiger partial charge on any atom is -0.315 e. The molecule has 0 saturated heterocycles. The highest BCUT2D eigenvalue weighted by atomic mass is 79.9. The van der Waals surface area contributed by atoms with E-state index >= 15 is 0 Å². The summed E-state index contributed by atoms with van der Waals surface area (Å²) in [5.74, 6) is 0.760. The fourth-order valence-corrected chi connectivity index (χ4v) is 2.12. The van der Waals surface area contributed by atoms with Gasteiger partial charge in [0.2, 0.25) is 0 Å². The van der Waals surface area contributed by atoms with Crippen molar-refractivity contribution in [2.45, 2.75) is 46.1 Å². The SMILES string of the molecule is CCCCCCNCCn1c(C)ncc(Br)c1=O. The zero-order valence-electron chi connectivity index (χ0n) is 11.2. The van der Waals surface area contributed by atoms with Gasteiger partial charge in [0, 0.05) is 19.3 Å². The van der Waals surface area contributed by atoms with Crippen LogP contribution in [0.5, 0.6) is 0 Å². The molecular weight excluding hydrogens is 294 g/mol. The number of aryl methyl sites for hydroxylation is 1. The molecule has 1 aromatic heterocycles. The van der Waals surface area contributed by atoms with E-state index in [1.54, 1.807) is 10.8 Å². The highest BCUT2D eigenvalue weighted by molar-refractivity contribution is 9.10. The topological polar surface area (TPSA) is 46.9 Å². The molecule has 1 rings (SSSR count). The molecule has 1 N–H and O–H groups in total. The summed E-state index contributed by atoms with van der Waals surface area (Å²) >= 11 is 3.22. The third-order valence-electron chi connectivity index (χ3n) is 2.92. The Kier molecular flexibility index (Phi) is 7.20. The molecular formula is C13H22BrN3O. The van der Waals surface area contributed by atoms with Crippen LogP contribution in [0.25, 0.3) is 0 Å². The first-order valence-corrected chi connectivity index (χ1v) is 7.38. The van der Waals surface area contributed by atoms with Crippen LogP contribution in [0, 0.1) is 6.92 Å². The highest BCUT2D eigenvalue weighted by Crippen LogP contribution is 2.01. The molecule has 0 amide bonds. The van der Waals surface area contributed by atoms with Crippen LogP contribution >= 0.6 is 15.9 Å². The van der Waals surface area contributed by atoms with Gasteiger partial charge in [-0.3, -0.25) is 9.36 Å². The van der Waals surface area contributed by atoms with Crippen molar-refractivity contribution in [3.05, 3.63) is 26.8 Å². The fourth-order valence-electron chi connectivity index (χ4n) is 1.81. The predicted octanol–water partition coefficient (Wildman–Crippen LogP) is 2.48. The first-order valence-electron chi connectivity index (χ1n) is 6.59. The molecule has 0 aliphatic rings. The smallest absolute Gasteiger partial charge is 0.267 e. The lowest BCUT2D eigenvalue weighted by Crippen LogP contribution is -2.30. The number of rotatable bonds is 8. The molecule has 0 aromatic carbocycles. The summed E-state index contributed by atoms with van der Waals surface area (Å²) in [7, 11) is 0. The van der Waals surface area contributed by atoms with Crippen molar-refractivity contribution in [1.29, 1.82) is 0 Å². The Bertz CT molecular complexity index is 417. The van der Waals surface area contributed by atoms with E-state index in [4.69, 9.17) is 0 Å². The molecule has 1 heterocycles. The van der Waals surface area contributed by atoms with Gasteiger partial charge in [-0.1, -0.05) is 26.2 Å². The van der Waals surface area contributed by atoms with Crippen LogP contribution in [0.3, 0.4) is 0 Å². The molecule has 0 unspecified atom stereocenters. The van der Waals surface area contributed by atoms with E-state index in [-0.39, 0.29) is 5.56 Å². The second-order valence-electron chi connectivity index (χ2n) is 4.42. The molecule has 0 spiro atoms. The Morgan fingerprint density at radius 2 is 2.11 bits per heavy atom. The van der Waals surface area contributed by atoms with Gasteiger partial charge >= 0.3 is 0 Å². The van der Waals surface area contributed by atoms with Gasteiger partial charge in [0.1, 0.15) is 10.3 Å². The molecule has 0 saturated carbocycles. The second kappa shape index (κ2) is 8.43. The maximum absolute atomic E-state index is 11.8. The zero-order valence-corrected chi connectivity index (χ0v) is 12.8. The lowest BCUT2D eigenvalue weighted by atomic mass is 10.2.